The van der Waals surface area contributed by atoms with Gasteiger partial charge in [-0.05, 0) is 25.3 Å². The fourth-order valence-electron chi connectivity index (χ4n) is 1.83. The highest BCUT2D eigenvalue weighted by molar-refractivity contribution is 5.76. The Morgan fingerprint density at radius 1 is 1.56 bits per heavy atom. The van der Waals surface area contributed by atoms with Gasteiger partial charge in [0.1, 0.15) is 0 Å². The molecule has 1 aliphatic rings. The third-order valence-electron chi connectivity index (χ3n) is 2.76. The molecule has 0 radical (unpaired) electrons. The lowest BCUT2D eigenvalue weighted by molar-refractivity contribution is -0.130. The van der Waals surface area contributed by atoms with E-state index in [0.29, 0.717) is 18.9 Å². The van der Waals surface area contributed by atoms with Crippen molar-refractivity contribution in [3.63, 3.8) is 0 Å². The molecule has 0 saturated carbocycles. The maximum absolute atomic E-state index is 11.7. The van der Waals surface area contributed by atoms with Crippen molar-refractivity contribution >= 4 is 5.91 Å². The van der Waals surface area contributed by atoms with Gasteiger partial charge in [-0.15, -0.1) is 0 Å². The SMILES string of the molecule is CC(C)COC1CCN(C(=O)CCCN)C1. The molecule has 0 aromatic carbocycles. The van der Waals surface area contributed by atoms with Crippen LogP contribution in [-0.2, 0) is 9.53 Å². The van der Waals surface area contributed by atoms with Gasteiger partial charge in [0.25, 0.3) is 0 Å². The van der Waals surface area contributed by atoms with E-state index in [2.05, 4.69) is 13.8 Å². The topological polar surface area (TPSA) is 55.6 Å². The van der Waals surface area contributed by atoms with E-state index in [1.54, 1.807) is 0 Å². The summed E-state index contributed by atoms with van der Waals surface area (Å²) in [6.45, 7) is 7.25. The lowest BCUT2D eigenvalue weighted by Crippen LogP contribution is -2.30. The number of hydrogen-bond acceptors (Lipinski definition) is 3. The molecule has 1 amide bonds. The molecule has 4 nitrogen and oxygen atoms in total. The van der Waals surface area contributed by atoms with Crippen LogP contribution in [0.5, 0.6) is 0 Å². The van der Waals surface area contributed by atoms with Crippen LogP contribution >= 0.6 is 0 Å². The number of carbonyl (C=O) groups is 1. The zero-order valence-corrected chi connectivity index (χ0v) is 10.4. The molecular weight excluding hydrogens is 204 g/mol. The van der Waals surface area contributed by atoms with E-state index >= 15 is 0 Å². The molecule has 1 saturated heterocycles. The largest absolute Gasteiger partial charge is 0.376 e. The zero-order chi connectivity index (χ0) is 12.0. The Kier molecular flexibility index (Phi) is 5.77. The first-order chi connectivity index (χ1) is 7.63. The molecule has 1 atom stereocenters. The van der Waals surface area contributed by atoms with Gasteiger partial charge in [-0.2, -0.15) is 0 Å². The van der Waals surface area contributed by atoms with Crippen molar-refractivity contribution in [2.75, 3.05) is 26.2 Å². The van der Waals surface area contributed by atoms with Crippen LogP contribution in [0, 0.1) is 5.92 Å². The van der Waals surface area contributed by atoms with Crippen molar-refractivity contribution < 1.29 is 9.53 Å². The zero-order valence-electron chi connectivity index (χ0n) is 10.4. The predicted molar refractivity (Wildman–Crippen MR) is 64.1 cm³/mol. The van der Waals surface area contributed by atoms with Gasteiger partial charge in [0, 0.05) is 26.1 Å². The van der Waals surface area contributed by atoms with Crippen LogP contribution in [0.3, 0.4) is 0 Å². The lowest BCUT2D eigenvalue weighted by atomic mass is 10.2. The molecule has 1 heterocycles. The Morgan fingerprint density at radius 2 is 2.31 bits per heavy atom. The first kappa shape index (κ1) is 13.5. The van der Waals surface area contributed by atoms with E-state index in [0.717, 1.165) is 32.5 Å². The summed E-state index contributed by atoms with van der Waals surface area (Å²) in [5.41, 5.74) is 5.39. The third kappa shape index (κ3) is 4.49. The van der Waals surface area contributed by atoms with E-state index in [4.69, 9.17) is 10.5 Å². The van der Waals surface area contributed by atoms with E-state index < -0.39 is 0 Å². The second-order valence-electron chi connectivity index (χ2n) is 4.87. The summed E-state index contributed by atoms with van der Waals surface area (Å²) in [5.74, 6) is 0.781. The minimum absolute atomic E-state index is 0.223. The molecule has 0 aromatic rings. The molecule has 0 spiro atoms. The van der Waals surface area contributed by atoms with Crippen LogP contribution in [0.15, 0.2) is 0 Å². The summed E-state index contributed by atoms with van der Waals surface area (Å²) < 4.78 is 5.73. The number of nitrogens with zero attached hydrogens (tertiary/aromatic N) is 1. The minimum Gasteiger partial charge on any atom is -0.376 e. The van der Waals surface area contributed by atoms with Gasteiger partial charge in [0.15, 0.2) is 0 Å². The highest BCUT2D eigenvalue weighted by Crippen LogP contribution is 2.15. The van der Waals surface area contributed by atoms with Crippen LogP contribution < -0.4 is 5.73 Å². The Hall–Kier alpha value is -0.610. The summed E-state index contributed by atoms with van der Waals surface area (Å²) in [7, 11) is 0. The maximum atomic E-state index is 11.7. The van der Waals surface area contributed by atoms with E-state index in [1.165, 1.54) is 0 Å². The Bertz CT molecular complexity index is 219. The van der Waals surface area contributed by atoms with Gasteiger partial charge >= 0.3 is 0 Å². The quantitative estimate of drug-likeness (QED) is 0.738. The van der Waals surface area contributed by atoms with Gasteiger partial charge in [-0.1, -0.05) is 13.8 Å². The smallest absolute Gasteiger partial charge is 0.222 e. The Labute approximate surface area is 98.1 Å². The lowest BCUT2D eigenvalue weighted by Gasteiger charge is -2.17. The molecule has 1 fully saturated rings. The van der Waals surface area contributed by atoms with Crippen molar-refractivity contribution in [1.82, 2.24) is 4.90 Å². The monoisotopic (exact) mass is 228 g/mol. The average molecular weight is 228 g/mol. The predicted octanol–water partition coefficient (Wildman–Crippen LogP) is 0.999. The second kappa shape index (κ2) is 6.86. The van der Waals surface area contributed by atoms with E-state index in [-0.39, 0.29) is 12.0 Å². The van der Waals surface area contributed by atoms with Crippen LogP contribution in [0.1, 0.15) is 33.1 Å². The first-order valence-electron chi connectivity index (χ1n) is 6.23. The highest BCUT2D eigenvalue weighted by Gasteiger charge is 2.26. The summed E-state index contributed by atoms with van der Waals surface area (Å²) >= 11 is 0. The summed E-state index contributed by atoms with van der Waals surface area (Å²) in [4.78, 5) is 13.6. The Morgan fingerprint density at radius 3 is 2.94 bits per heavy atom. The standard InChI is InChI=1S/C12H24N2O2/c1-10(2)9-16-11-5-7-14(8-11)12(15)4-3-6-13/h10-11H,3-9,13H2,1-2H3. The number of nitrogens with two attached hydrogens (primary N) is 1. The normalized spacial score (nSPS) is 20.8. The highest BCUT2D eigenvalue weighted by atomic mass is 16.5. The van der Waals surface area contributed by atoms with Crippen LogP contribution in [0.2, 0.25) is 0 Å². The summed E-state index contributed by atoms with van der Waals surface area (Å²) in [6.07, 6.45) is 2.57. The molecule has 1 aliphatic heterocycles. The molecule has 0 aromatic heterocycles. The average Bonchev–Trinajstić information content (AvgIpc) is 2.71. The number of likely N-dealkylation sites (tertiary alicyclic amines) is 1. The van der Waals surface area contributed by atoms with Gasteiger partial charge in [-0.3, -0.25) is 4.79 Å². The van der Waals surface area contributed by atoms with Crippen molar-refractivity contribution in [1.29, 1.82) is 0 Å². The molecule has 1 rings (SSSR count). The summed E-state index contributed by atoms with van der Waals surface area (Å²) in [5, 5.41) is 0. The maximum Gasteiger partial charge on any atom is 0.222 e. The van der Waals surface area contributed by atoms with E-state index in [1.807, 2.05) is 4.90 Å². The Balaban J connectivity index is 2.21. The van der Waals surface area contributed by atoms with Gasteiger partial charge in [0.2, 0.25) is 5.91 Å². The van der Waals surface area contributed by atoms with Crippen molar-refractivity contribution in [3.8, 4) is 0 Å². The van der Waals surface area contributed by atoms with Crippen LogP contribution in [0.4, 0.5) is 0 Å². The van der Waals surface area contributed by atoms with Crippen molar-refractivity contribution in [3.05, 3.63) is 0 Å². The molecule has 2 N–H and O–H groups in total. The van der Waals surface area contributed by atoms with Gasteiger partial charge in [0.05, 0.1) is 6.10 Å². The number of rotatable bonds is 6. The number of carbonyl (C=O) groups excluding carboxylic acids is 1. The van der Waals surface area contributed by atoms with Gasteiger partial charge < -0.3 is 15.4 Å². The molecule has 1 unspecified atom stereocenters. The number of amides is 1. The molecule has 0 bridgehead atoms. The number of hydrogen-bond donors (Lipinski definition) is 1. The fourth-order valence-corrected chi connectivity index (χ4v) is 1.83. The number of ether oxygens (including phenoxy) is 1. The molecule has 4 heteroatoms. The third-order valence-corrected chi connectivity index (χ3v) is 2.76. The fraction of sp³-hybridized carbons (Fsp3) is 0.917. The minimum atomic E-state index is 0.223. The van der Waals surface area contributed by atoms with E-state index in [9.17, 15) is 4.79 Å². The van der Waals surface area contributed by atoms with Crippen LogP contribution in [-0.4, -0.2) is 43.2 Å². The van der Waals surface area contributed by atoms with Crippen LogP contribution in [0.25, 0.3) is 0 Å². The van der Waals surface area contributed by atoms with Crippen molar-refractivity contribution in [2.24, 2.45) is 11.7 Å². The molecule has 16 heavy (non-hydrogen) atoms. The molecular formula is C12H24N2O2. The van der Waals surface area contributed by atoms with Gasteiger partial charge in [-0.25, -0.2) is 0 Å². The molecule has 0 aliphatic carbocycles. The van der Waals surface area contributed by atoms with Crippen molar-refractivity contribution in [2.45, 2.75) is 39.2 Å². The molecule has 94 valence electrons. The summed E-state index contributed by atoms with van der Waals surface area (Å²) in [6, 6.07) is 0. The second-order valence-corrected chi connectivity index (χ2v) is 4.87. The first-order valence-corrected chi connectivity index (χ1v) is 6.23.